The Balaban J connectivity index is 1.32. The van der Waals surface area contributed by atoms with Crippen LogP contribution in [0.25, 0.3) is 0 Å². The number of nitrogens with zero attached hydrogens (tertiary/aromatic N) is 1. The zero-order valence-electron chi connectivity index (χ0n) is 16.5. The molecule has 0 spiro atoms. The lowest BCUT2D eigenvalue weighted by atomic mass is 9.92. The topological polar surface area (TPSA) is 32.3 Å². The molecule has 28 heavy (non-hydrogen) atoms. The van der Waals surface area contributed by atoms with Crippen LogP contribution in [0.15, 0.2) is 53.4 Å². The molecule has 1 fully saturated rings. The summed E-state index contributed by atoms with van der Waals surface area (Å²) >= 11 is 1.77. The SMILES string of the molecule is CSc1ccc(CN2CCC(CCC(=O)NCc3ccc(F)cc3)CC2)cc1. The third-order valence-electron chi connectivity index (χ3n) is 5.45. The summed E-state index contributed by atoms with van der Waals surface area (Å²) in [5.41, 5.74) is 2.30. The lowest BCUT2D eigenvalue weighted by Crippen LogP contribution is -2.33. The quantitative estimate of drug-likeness (QED) is 0.643. The molecule has 0 radical (unpaired) electrons. The number of nitrogens with one attached hydrogen (secondary N) is 1. The molecule has 5 heteroatoms. The van der Waals surface area contributed by atoms with Crippen LogP contribution in [0.2, 0.25) is 0 Å². The van der Waals surface area contributed by atoms with Gasteiger partial charge in [-0.2, -0.15) is 0 Å². The number of hydrogen-bond donors (Lipinski definition) is 1. The van der Waals surface area contributed by atoms with E-state index in [-0.39, 0.29) is 11.7 Å². The molecule has 3 nitrogen and oxygen atoms in total. The van der Waals surface area contributed by atoms with Gasteiger partial charge in [-0.25, -0.2) is 4.39 Å². The van der Waals surface area contributed by atoms with E-state index in [1.165, 1.54) is 22.6 Å². The number of piperidine rings is 1. The normalized spacial score (nSPS) is 15.5. The van der Waals surface area contributed by atoms with Gasteiger partial charge < -0.3 is 5.32 Å². The van der Waals surface area contributed by atoms with Crippen molar-refractivity contribution < 1.29 is 9.18 Å². The summed E-state index contributed by atoms with van der Waals surface area (Å²) < 4.78 is 12.9. The molecule has 0 aromatic heterocycles. The third kappa shape index (κ3) is 6.64. The van der Waals surface area contributed by atoms with Crippen molar-refractivity contribution in [2.45, 2.75) is 43.7 Å². The fourth-order valence-corrected chi connectivity index (χ4v) is 4.06. The van der Waals surface area contributed by atoms with Crippen LogP contribution in [0.5, 0.6) is 0 Å². The lowest BCUT2D eigenvalue weighted by Gasteiger charge is -2.32. The largest absolute Gasteiger partial charge is 0.352 e. The van der Waals surface area contributed by atoms with Gasteiger partial charge in [0.05, 0.1) is 0 Å². The molecule has 0 atom stereocenters. The van der Waals surface area contributed by atoms with Crippen LogP contribution in [0, 0.1) is 11.7 Å². The monoisotopic (exact) mass is 400 g/mol. The fraction of sp³-hybridized carbons (Fsp3) is 0.435. The molecule has 1 aliphatic heterocycles. The van der Waals surface area contributed by atoms with Crippen LogP contribution in [-0.4, -0.2) is 30.2 Å². The molecule has 0 bridgehead atoms. The molecule has 1 saturated heterocycles. The van der Waals surface area contributed by atoms with E-state index < -0.39 is 0 Å². The van der Waals surface area contributed by atoms with Crippen molar-refractivity contribution in [3.8, 4) is 0 Å². The number of benzene rings is 2. The molecule has 0 saturated carbocycles. The van der Waals surface area contributed by atoms with Crippen LogP contribution in [-0.2, 0) is 17.9 Å². The molecule has 1 amide bonds. The van der Waals surface area contributed by atoms with Crippen molar-refractivity contribution in [3.63, 3.8) is 0 Å². The van der Waals surface area contributed by atoms with Gasteiger partial charge in [-0.1, -0.05) is 24.3 Å². The zero-order valence-corrected chi connectivity index (χ0v) is 17.3. The molecule has 2 aromatic carbocycles. The number of likely N-dealkylation sites (tertiary alicyclic amines) is 1. The van der Waals surface area contributed by atoms with Crippen molar-refractivity contribution in [1.29, 1.82) is 0 Å². The average molecular weight is 401 g/mol. The van der Waals surface area contributed by atoms with Crippen LogP contribution in [0.4, 0.5) is 4.39 Å². The number of amides is 1. The van der Waals surface area contributed by atoms with Crippen molar-refractivity contribution in [2.75, 3.05) is 19.3 Å². The van der Waals surface area contributed by atoms with Crippen molar-refractivity contribution in [2.24, 2.45) is 5.92 Å². The van der Waals surface area contributed by atoms with Gasteiger partial charge in [0.2, 0.25) is 5.91 Å². The van der Waals surface area contributed by atoms with E-state index in [9.17, 15) is 9.18 Å². The first kappa shape index (κ1) is 20.9. The van der Waals surface area contributed by atoms with Gasteiger partial charge in [0, 0.05) is 24.4 Å². The predicted octanol–water partition coefficient (Wildman–Crippen LogP) is 4.86. The molecule has 1 heterocycles. The van der Waals surface area contributed by atoms with Gasteiger partial charge in [0.15, 0.2) is 0 Å². The highest BCUT2D eigenvalue weighted by Crippen LogP contribution is 2.23. The summed E-state index contributed by atoms with van der Waals surface area (Å²) in [7, 11) is 0. The molecule has 0 unspecified atom stereocenters. The maximum Gasteiger partial charge on any atom is 0.220 e. The Morgan fingerprint density at radius 3 is 2.36 bits per heavy atom. The van der Waals surface area contributed by atoms with E-state index in [0.717, 1.165) is 44.5 Å². The zero-order chi connectivity index (χ0) is 19.8. The minimum Gasteiger partial charge on any atom is -0.352 e. The van der Waals surface area contributed by atoms with Crippen LogP contribution >= 0.6 is 11.8 Å². The number of hydrogen-bond acceptors (Lipinski definition) is 3. The Morgan fingerprint density at radius 2 is 1.71 bits per heavy atom. The maximum atomic E-state index is 12.9. The molecular weight excluding hydrogens is 371 g/mol. The standard InChI is InChI=1S/C23H29FN2OS/c1-28-22-9-4-20(5-10-22)17-26-14-12-18(13-15-26)6-11-23(27)25-16-19-2-7-21(24)8-3-19/h2-5,7-10,18H,6,11-17H2,1H3,(H,25,27). The summed E-state index contributed by atoms with van der Waals surface area (Å²) in [5.74, 6) is 0.464. The van der Waals surface area contributed by atoms with Crippen LogP contribution in [0.1, 0.15) is 36.8 Å². The summed E-state index contributed by atoms with van der Waals surface area (Å²) in [4.78, 5) is 15.9. The van der Waals surface area contributed by atoms with Crippen LogP contribution in [0.3, 0.4) is 0 Å². The van der Waals surface area contributed by atoms with E-state index in [2.05, 4.69) is 40.7 Å². The smallest absolute Gasteiger partial charge is 0.220 e. The molecule has 0 aliphatic carbocycles. The number of thioether (sulfide) groups is 1. The molecule has 2 aromatic rings. The second-order valence-electron chi connectivity index (χ2n) is 7.51. The highest BCUT2D eigenvalue weighted by Gasteiger charge is 2.20. The Hall–Kier alpha value is -1.85. The summed E-state index contributed by atoms with van der Waals surface area (Å²) in [6, 6.07) is 15.1. The van der Waals surface area contributed by atoms with E-state index in [1.54, 1.807) is 23.9 Å². The van der Waals surface area contributed by atoms with Crippen molar-refractivity contribution in [1.82, 2.24) is 10.2 Å². The molecule has 3 rings (SSSR count). The second kappa shape index (κ2) is 10.6. The molecule has 150 valence electrons. The van der Waals surface area contributed by atoms with E-state index in [4.69, 9.17) is 0 Å². The van der Waals surface area contributed by atoms with Gasteiger partial charge >= 0.3 is 0 Å². The van der Waals surface area contributed by atoms with Gasteiger partial charge in [0.1, 0.15) is 5.82 Å². The second-order valence-corrected chi connectivity index (χ2v) is 8.39. The van der Waals surface area contributed by atoms with Gasteiger partial charge in [-0.15, -0.1) is 11.8 Å². The Labute approximate surface area is 171 Å². The minimum atomic E-state index is -0.251. The van der Waals surface area contributed by atoms with Crippen molar-refractivity contribution in [3.05, 3.63) is 65.5 Å². The maximum absolute atomic E-state index is 12.9. The van der Waals surface area contributed by atoms with Crippen molar-refractivity contribution >= 4 is 17.7 Å². The molecular formula is C23H29FN2OS. The number of carbonyl (C=O) groups is 1. The minimum absolute atomic E-state index is 0.0839. The number of carbonyl (C=O) groups excluding carboxylic acids is 1. The van der Waals surface area contributed by atoms with Crippen LogP contribution < -0.4 is 5.32 Å². The third-order valence-corrected chi connectivity index (χ3v) is 6.20. The Bertz CT molecular complexity index is 740. The number of halogens is 1. The van der Waals surface area contributed by atoms with E-state index >= 15 is 0 Å². The van der Waals surface area contributed by atoms with E-state index in [1.807, 2.05) is 0 Å². The predicted molar refractivity (Wildman–Crippen MR) is 114 cm³/mol. The average Bonchev–Trinajstić information content (AvgIpc) is 2.73. The first-order valence-corrected chi connectivity index (χ1v) is 11.2. The lowest BCUT2D eigenvalue weighted by molar-refractivity contribution is -0.121. The summed E-state index contributed by atoms with van der Waals surface area (Å²) in [6.07, 6.45) is 5.94. The first-order valence-electron chi connectivity index (χ1n) is 9.99. The van der Waals surface area contributed by atoms with Gasteiger partial charge in [-0.3, -0.25) is 9.69 Å². The number of rotatable bonds is 8. The first-order chi connectivity index (χ1) is 13.6. The summed E-state index contributed by atoms with van der Waals surface area (Å²) in [5, 5.41) is 2.94. The van der Waals surface area contributed by atoms with Gasteiger partial charge in [0.25, 0.3) is 0 Å². The summed E-state index contributed by atoms with van der Waals surface area (Å²) in [6.45, 7) is 3.69. The molecule has 1 aliphatic rings. The Morgan fingerprint density at radius 1 is 1.07 bits per heavy atom. The fourth-order valence-electron chi connectivity index (χ4n) is 3.65. The van der Waals surface area contributed by atoms with Gasteiger partial charge in [-0.05, 0) is 79.9 Å². The Kier molecular flexibility index (Phi) is 7.92. The molecule has 1 N–H and O–H groups in total. The van der Waals surface area contributed by atoms with E-state index in [0.29, 0.717) is 18.9 Å². The highest BCUT2D eigenvalue weighted by atomic mass is 32.2. The highest BCUT2D eigenvalue weighted by molar-refractivity contribution is 7.98.